The van der Waals surface area contributed by atoms with Crippen molar-refractivity contribution in [1.29, 1.82) is 0 Å². The average molecular weight is 324 g/mol. The van der Waals surface area contributed by atoms with E-state index in [0.29, 0.717) is 5.69 Å². The Hall–Kier alpha value is -1.35. The maximum absolute atomic E-state index is 12.7. The molecule has 2 unspecified atom stereocenters. The predicted octanol–water partition coefficient (Wildman–Crippen LogP) is 4.80. The molecule has 0 aliphatic rings. The van der Waals surface area contributed by atoms with Crippen molar-refractivity contribution in [3.8, 4) is 0 Å². The second-order valence-corrected chi connectivity index (χ2v) is 6.31. The average Bonchev–Trinajstić information content (AvgIpc) is 2.51. The van der Waals surface area contributed by atoms with Crippen LogP contribution in [0.4, 0.5) is 5.69 Å². The quantitative estimate of drug-likeness (QED) is 0.524. The van der Waals surface area contributed by atoms with Crippen molar-refractivity contribution in [3.05, 3.63) is 30.3 Å². The highest BCUT2D eigenvalue weighted by Crippen LogP contribution is 2.35. The van der Waals surface area contributed by atoms with E-state index >= 15 is 0 Å². The summed E-state index contributed by atoms with van der Waals surface area (Å²) in [5.41, 5.74) is 0.657. The fourth-order valence-electron chi connectivity index (χ4n) is 2.72. The summed E-state index contributed by atoms with van der Waals surface area (Å²) in [6.07, 6.45) is 4.44. The first-order valence-corrected chi connectivity index (χ1v) is 8.41. The molecule has 0 heterocycles. The first-order chi connectivity index (χ1) is 10.5. The van der Waals surface area contributed by atoms with Gasteiger partial charge in [0.1, 0.15) is 0 Å². The van der Waals surface area contributed by atoms with Crippen LogP contribution in [0.3, 0.4) is 0 Å². The largest absolute Gasteiger partial charge is 0.324 e. The van der Waals surface area contributed by atoms with E-state index in [1.807, 2.05) is 25.1 Å². The van der Waals surface area contributed by atoms with Gasteiger partial charge in [0.2, 0.25) is 0 Å². The Balaban J connectivity index is 3.00. The Bertz CT molecular complexity index is 489. The van der Waals surface area contributed by atoms with Gasteiger partial charge < -0.3 is 5.32 Å². The number of rotatable bonds is 9. The Kier molecular flexibility index (Phi) is 7.60. The van der Waals surface area contributed by atoms with E-state index in [0.717, 1.165) is 32.1 Å². The zero-order valence-corrected chi connectivity index (χ0v) is 14.5. The molecule has 1 aromatic rings. The molecule has 1 amide bonds. The van der Waals surface area contributed by atoms with Crippen molar-refractivity contribution in [1.82, 2.24) is 0 Å². The standard InChI is InChI=1S/C18H26ClNO2/c1-4-6-11-15(10-5-2)18(19,14(3)21)17(22)20-16-12-8-7-9-13-16/h7-9,12-13,15H,4-6,10-11H2,1-3H3,(H,20,22). The Morgan fingerprint density at radius 1 is 1.14 bits per heavy atom. The molecule has 4 heteroatoms. The van der Waals surface area contributed by atoms with Crippen LogP contribution < -0.4 is 5.32 Å². The van der Waals surface area contributed by atoms with Gasteiger partial charge in [-0.2, -0.15) is 0 Å². The summed E-state index contributed by atoms with van der Waals surface area (Å²) in [5, 5.41) is 2.79. The number of alkyl halides is 1. The first kappa shape index (κ1) is 18.7. The second-order valence-electron chi connectivity index (χ2n) is 5.72. The number of unbranched alkanes of at least 4 members (excludes halogenated alkanes) is 1. The van der Waals surface area contributed by atoms with Crippen LogP contribution in [0.15, 0.2) is 30.3 Å². The number of hydrogen-bond acceptors (Lipinski definition) is 2. The number of carbonyl (C=O) groups is 2. The molecule has 1 rings (SSSR count). The predicted molar refractivity (Wildman–Crippen MR) is 92.3 cm³/mol. The summed E-state index contributed by atoms with van der Waals surface area (Å²) in [7, 11) is 0. The minimum Gasteiger partial charge on any atom is -0.324 e. The zero-order valence-electron chi connectivity index (χ0n) is 13.7. The maximum atomic E-state index is 12.7. The van der Waals surface area contributed by atoms with Crippen molar-refractivity contribution in [2.24, 2.45) is 5.92 Å². The lowest BCUT2D eigenvalue weighted by molar-refractivity contribution is -0.130. The summed E-state index contributed by atoms with van der Waals surface area (Å²) in [4.78, 5) is 23.4. The van der Waals surface area contributed by atoms with Crippen molar-refractivity contribution in [3.63, 3.8) is 0 Å². The highest BCUT2D eigenvalue weighted by molar-refractivity contribution is 6.47. The summed E-state index contributed by atoms with van der Waals surface area (Å²) >= 11 is 6.59. The minimum absolute atomic E-state index is 0.139. The normalized spacial score (nSPS) is 14.9. The van der Waals surface area contributed by atoms with Crippen LogP contribution in [0.2, 0.25) is 0 Å². The van der Waals surface area contributed by atoms with E-state index in [1.54, 1.807) is 12.1 Å². The van der Waals surface area contributed by atoms with Crippen LogP contribution in [0.5, 0.6) is 0 Å². The number of Topliss-reactive ketones (excluding diaryl/α,β-unsaturated/α-hetero) is 1. The fraction of sp³-hybridized carbons (Fsp3) is 0.556. The Labute approximate surface area is 138 Å². The molecular formula is C18H26ClNO2. The summed E-state index contributed by atoms with van der Waals surface area (Å²) in [5.74, 6) is -0.833. The molecule has 3 nitrogen and oxygen atoms in total. The maximum Gasteiger partial charge on any atom is 0.253 e. The van der Waals surface area contributed by atoms with Gasteiger partial charge in [-0.15, -0.1) is 0 Å². The molecule has 0 saturated carbocycles. The van der Waals surface area contributed by atoms with Gasteiger partial charge >= 0.3 is 0 Å². The molecule has 0 bridgehead atoms. The number of ketones is 1. The highest BCUT2D eigenvalue weighted by atomic mass is 35.5. The van der Waals surface area contributed by atoms with Crippen molar-refractivity contribution >= 4 is 29.0 Å². The van der Waals surface area contributed by atoms with Gasteiger partial charge in [0.15, 0.2) is 10.7 Å². The van der Waals surface area contributed by atoms with E-state index in [4.69, 9.17) is 11.6 Å². The van der Waals surface area contributed by atoms with Crippen molar-refractivity contribution in [2.75, 3.05) is 5.32 Å². The fourth-order valence-corrected chi connectivity index (χ4v) is 2.98. The van der Waals surface area contributed by atoms with E-state index in [2.05, 4.69) is 12.2 Å². The van der Waals surface area contributed by atoms with Gasteiger partial charge in [-0.3, -0.25) is 9.59 Å². The van der Waals surface area contributed by atoms with E-state index in [-0.39, 0.29) is 11.7 Å². The molecule has 0 spiro atoms. The van der Waals surface area contributed by atoms with Crippen LogP contribution in [0.1, 0.15) is 52.9 Å². The third kappa shape index (κ3) is 4.57. The van der Waals surface area contributed by atoms with Crippen molar-refractivity contribution < 1.29 is 9.59 Å². The number of hydrogen-bond donors (Lipinski definition) is 1. The SMILES string of the molecule is CCCCC(CCC)C(Cl)(C(C)=O)C(=O)Nc1ccccc1. The third-order valence-electron chi connectivity index (χ3n) is 3.98. The van der Waals surface area contributed by atoms with Crippen LogP contribution in [0.25, 0.3) is 0 Å². The van der Waals surface area contributed by atoms with E-state index in [9.17, 15) is 9.59 Å². The molecule has 0 saturated heterocycles. The van der Waals surface area contributed by atoms with E-state index < -0.39 is 10.8 Å². The van der Waals surface area contributed by atoms with Crippen LogP contribution in [-0.4, -0.2) is 16.6 Å². The molecule has 2 atom stereocenters. The molecule has 22 heavy (non-hydrogen) atoms. The molecule has 1 N–H and O–H groups in total. The summed E-state index contributed by atoms with van der Waals surface area (Å²) in [6, 6.07) is 9.11. The number of para-hydroxylation sites is 1. The lowest BCUT2D eigenvalue weighted by Gasteiger charge is -2.32. The minimum atomic E-state index is -1.49. The van der Waals surface area contributed by atoms with Crippen LogP contribution in [0, 0.1) is 5.92 Å². The number of amides is 1. The number of halogens is 1. The molecule has 0 aliphatic carbocycles. The van der Waals surface area contributed by atoms with Gasteiger partial charge in [0, 0.05) is 5.69 Å². The summed E-state index contributed by atoms with van der Waals surface area (Å²) in [6.45, 7) is 5.55. The third-order valence-corrected chi connectivity index (χ3v) is 4.73. The lowest BCUT2D eigenvalue weighted by atomic mass is 9.80. The van der Waals surface area contributed by atoms with E-state index in [1.165, 1.54) is 6.92 Å². The molecule has 0 fully saturated rings. The number of anilines is 1. The monoisotopic (exact) mass is 323 g/mol. The molecule has 1 aromatic carbocycles. The highest BCUT2D eigenvalue weighted by Gasteiger charge is 2.47. The van der Waals surface area contributed by atoms with Gasteiger partial charge in [-0.25, -0.2) is 0 Å². The summed E-state index contributed by atoms with van der Waals surface area (Å²) < 4.78 is 0. The van der Waals surface area contributed by atoms with Crippen LogP contribution in [-0.2, 0) is 9.59 Å². The lowest BCUT2D eigenvalue weighted by Crippen LogP contribution is -2.50. The topological polar surface area (TPSA) is 46.2 Å². The molecule has 0 aromatic heterocycles. The van der Waals surface area contributed by atoms with Gasteiger partial charge in [-0.05, 0) is 37.8 Å². The Morgan fingerprint density at radius 2 is 1.77 bits per heavy atom. The van der Waals surface area contributed by atoms with Gasteiger partial charge in [0.05, 0.1) is 0 Å². The number of carbonyl (C=O) groups excluding carboxylic acids is 2. The number of nitrogens with one attached hydrogen (secondary N) is 1. The first-order valence-electron chi connectivity index (χ1n) is 8.03. The molecule has 122 valence electrons. The van der Waals surface area contributed by atoms with Crippen LogP contribution >= 0.6 is 11.6 Å². The Morgan fingerprint density at radius 3 is 2.27 bits per heavy atom. The molecular weight excluding hydrogens is 298 g/mol. The smallest absolute Gasteiger partial charge is 0.253 e. The molecule has 0 aliphatic heterocycles. The van der Waals surface area contributed by atoms with Gasteiger partial charge in [0.25, 0.3) is 5.91 Å². The van der Waals surface area contributed by atoms with Gasteiger partial charge in [-0.1, -0.05) is 62.9 Å². The second kappa shape index (κ2) is 8.94. The zero-order chi connectivity index (χ0) is 16.6. The molecule has 0 radical (unpaired) electrons. The number of benzene rings is 1. The van der Waals surface area contributed by atoms with Crippen molar-refractivity contribution in [2.45, 2.75) is 57.7 Å².